The van der Waals surface area contributed by atoms with Crippen LogP contribution in [0.5, 0.6) is 0 Å². The summed E-state index contributed by atoms with van der Waals surface area (Å²) in [6.45, 7) is 2.08. The summed E-state index contributed by atoms with van der Waals surface area (Å²) in [6, 6.07) is 15.6. The van der Waals surface area contributed by atoms with Crippen LogP contribution in [0.1, 0.15) is 17.2 Å². The van der Waals surface area contributed by atoms with Crippen LogP contribution in [0.15, 0.2) is 53.4 Å². The SMILES string of the molecule is CNC(CSc1ccccc1F)c1ccc(C)cc1. The number of aryl methyl sites for hydroxylation is 1. The van der Waals surface area contributed by atoms with Gasteiger partial charge in [0.25, 0.3) is 0 Å². The summed E-state index contributed by atoms with van der Waals surface area (Å²) in [5, 5.41) is 3.28. The summed E-state index contributed by atoms with van der Waals surface area (Å²) in [6.07, 6.45) is 0. The van der Waals surface area contributed by atoms with Crippen LogP contribution in [-0.2, 0) is 0 Å². The molecule has 0 saturated carbocycles. The summed E-state index contributed by atoms with van der Waals surface area (Å²) in [4.78, 5) is 0.704. The first-order valence-electron chi connectivity index (χ1n) is 6.32. The summed E-state index contributed by atoms with van der Waals surface area (Å²) >= 11 is 1.54. The first-order chi connectivity index (χ1) is 9.20. The molecular formula is C16H18FNS. The third-order valence-corrected chi connectivity index (χ3v) is 4.21. The number of hydrogen-bond donors (Lipinski definition) is 1. The average Bonchev–Trinajstić information content (AvgIpc) is 2.43. The molecule has 0 saturated heterocycles. The van der Waals surface area contributed by atoms with Gasteiger partial charge < -0.3 is 5.32 Å². The van der Waals surface area contributed by atoms with Gasteiger partial charge in [0.15, 0.2) is 0 Å². The molecule has 0 aliphatic heterocycles. The van der Waals surface area contributed by atoms with E-state index in [1.807, 2.05) is 19.2 Å². The van der Waals surface area contributed by atoms with Crippen LogP contribution in [0.25, 0.3) is 0 Å². The Hall–Kier alpha value is -1.32. The highest BCUT2D eigenvalue weighted by molar-refractivity contribution is 7.99. The molecule has 0 aromatic heterocycles. The normalized spacial score (nSPS) is 12.4. The molecule has 0 radical (unpaired) electrons. The van der Waals surface area contributed by atoms with Gasteiger partial charge in [-0.1, -0.05) is 42.0 Å². The number of benzene rings is 2. The van der Waals surface area contributed by atoms with Crippen LogP contribution >= 0.6 is 11.8 Å². The molecule has 2 aromatic carbocycles. The van der Waals surface area contributed by atoms with Gasteiger partial charge in [-0.25, -0.2) is 4.39 Å². The Morgan fingerprint density at radius 2 is 1.79 bits per heavy atom. The van der Waals surface area contributed by atoms with E-state index in [4.69, 9.17) is 0 Å². The molecule has 2 rings (SSSR count). The standard InChI is InChI=1S/C16H18FNS/c1-12-7-9-13(10-8-12)15(18-2)11-19-16-6-4-3-5-14(16)17/h3-10,15,18H,11H2,1-2H3. The smallest absolute Gasteiger partial charge is 0.136 e. The van der Waals surface area contributed by atoms with Crippen molar-refractivity contribution in [1.82, 2.24) is 5.32 Å². The van der Waals surface area contributed by atoms with E-state index in [9.17, 15) is 4.39 Å². The molecule has 0 aliphatic carbocycles. The predicted molar refractivity (Wildman–Crippen MR) is 80.1 cm³/mol. The van der Waals surface area contributed by atoms with E-state index in [2.05, 4.69) is 36.5 Å². The largest absolute Gasteiger partial charge is 0.312 e. The highest BCUT2D eigenvalue weighted by Gasteiger charge is 2.10. The Morgan fingerprint density at radius 1 is 1.11 bits per heavy atom. The van der Waals surface area contributed by atoms with E-state index in [0.29, 0.717) is 4.90 Å². The molecule has 0 bridgehead atoms. The van der Waals surface area contributed by atoms with Crippen molar-refractivity contribution in [1.29, 1.82) is 0 Å². The van der Waals surface area contributed by atoms with Crippen molar-refractivity contribution in [2.45, 2.75) is 17.9 Å². The molecular weight excluding hydrogens is 257 g/mol. The molecule has 0 spiro atoms. The molecule has 1 nitrogen and oxygen atoms in total. The highest BCUT2D eigenvalue weighted by atomic mass is 32.2. The second-order valence-electron chi connectivity index (χ2n) is 4.49. The van der Waals surface area contributed by atoms with Crippen molar-refractivity contribution in [3.8, 4) is 0 Å². The number of hydrogen-bond acceptors (Lipinski definition) is 2. The minimum atomic E-state index is -0.147. The van der Waals surface area contributed by atoms with Gasteiger partial charge >= 0.3 is 0 Å². The summed E-state index contributed by atoms with van der Waals surface area (Å²) in [5.41, 5.74) is 2.48. The second kappa shape index (κ2) is 6.73. The zero-order chi connectivity index (χ0) is 13.7. The second-order valence-corrected chi connectivity index (χ2v) is 5.56. The fourth-order valence-electron chi connectivity index (χ4n) is 1.88. The van der Waals surface area contributed by atoms with E-state index in [0.717, 1.165) is 5.75 Å². The maximum absolute atomic E-state index is 13.6. The van der Waals surface area contributed by atoms with Gasteiger partial charge in [0.1, 0.15) is 5.82 Å². The van der Waals surface area contributed by atoms with Gasteiger partial charge in [-0.2, -0.15) is 0 Å². The van der Waals surface area contributed by atoms with Crippen molar-refractivity contribution in [3.63, 3.8) is 0 Å². The molecule has 3 heteroatoms. The van der Waals surface area contributed by atoms with Crippen LogP contribution in [0, 0.1) is 12.7 Å². The summed E-state index contributed by atoms with van der Waals surface area (Å²) in [5.74, 6) is 0.659. The Bertz CT molecular complexity index is 525. The number of rotatable bonds is 5. The Balaban J connectivity index is 2.04. The van der Waals surface area contributed by atoms with Crippen LogP contribution in [-0.4, -0.2) is 12.8 Å². The molecule has 1 N–H and O–H groups in total. The Kier molecular flexibility index (Phi) is 5.00. The molecule has 19 heavy (non-hydrogen) atoms. The number of thioether (sulfide) groups is 1. The van der Waals surface area contributed by atoms with Crippen molar-refractivity contribution in [2.24, 2.45) is 0 Å². The zero-order valence-electron chi connectivity index (χ0n) is 11.2. The lowest BCUT2D eigenvalue weighted by Gasteiger charge is -2.16. The molecule has 2 aromatic rings. The maximum atomic E-state index is 13.6. The third-order valence-electron chi connectivity index (χ3n) is 3.07. The van der Waals surface area contributed by atoms with Crippen LogP contribution in [0.3, 0.4) is 0 Å². The highest BCUT2D eigenvalue weighted by Crippen LogP contribution is 2.26. The number of nitrogens with one attached hydrogen (secondary N) is 1. The minimum Gasteiger partial charge on any atom is -0.312 e. The maximum Gasteiger partial charge on any atom is 0.136 e. The zero-order valence-corrected chi connectivity index (χ0v) is 12.0. The van der Waals surface area contributed by atoms with Gasteiger partial charge in [0.05, 0.1) is 0 Å². The summed E-state index contributed by atoms with van der Waals surface area (Å²) in [7, 11) is 1.94. The molecule has 1 atom stereocenters. The van der Waals surface area contributed by atoms with E-state index in [1.165, 1.54) is 17.2 Å². The fraction of sp³-hybridized carbons (Fsp3) is 0.250. The molecule has 0 aliphatic rings. The quantitative estimate of drug-likeness (QED) is 0.821. The van der Waals surface area contributed by atoms with Gasteiger partial charge in [0, 0.05) is 16.7 Å². The first kappa shape index (κ1) is 14.1. The topological polar surface area (TPSA) is 12.0 Å². The van der Waals surface area contributed by atoms with E-state index >= 15 is 0 Å². The van der Waals surface area contributed by atoms with E-state index < -0.39 is 0 Å². The molecule has 0 amide bonds. The average molecular weight is 275 g/mol. The molecule has 0 heterocycles. The van der Waals surface area contributed by atoms with Crippen LogP contribution < -0.4 is 5.32 Å². The van der Waals surface area contributed by atoms with Gasteiger partial charge in [-0.3, -0.25) is 0 Å². The molecule has 0 fully saturated rings. The van der Waals surface area contributed by atoms with E-state index in [-0.39, 0.29) is 11.9 Å². The Morgan fingerprint density at radius 3 is 2.42 bits per heavy atom. The molecule has 100 valence electrons. The summed E-state index contributed by atoms with van der Waals surface area (Å²) < 4.78 is 13.6. The van der Waals surface area contributed by atoms with Gasteiger partial charge in [-0.15, -0.1) is 11.8 Å². The van der Waals surface area contributed by atoms with Gasteiger partial charge in [-0.05, 0) is 31.7 Å². The van der Waals surface area contributed by atoms with Gasteiger partial charge in [0.2, 0.25) is 0 Å². The number of halogens is 1. The van der Waals surface area contributed by atoms with Crippen molar-refractivity contribution < 1.29 is 4.39 Å². The van der Waals surface area contributed by atoms with E-state index in [1.54, 1.807) is 17.8 Å². The third kappa shape index (κ3) is 3.82. The fourth-order valence-corrected chi connectivity index (χ4v) is 2.97. The van der Waals surface area contributed by atoms with Crippen molar-refractivity contribution in [2.75, 3.05) is 12.8 Å². The first-order valence-corrected chi connectivity index (χ1v) is 7.30. The lowest BCUT2D eigenvalue weighted by atomic mass is 10.1. The lowest BCUT2D eigenvalue weighted by Crippen LogP contribution is -2.18. The monoisotopic (exact) mass is 275 g/mol. The van der Waals surface area contributed by atoms with Crippen LogP contribution in [0.2, 0.25) is 0 Å². The molecule has 1 unspecified atom stereocenters. The van der Waals surface area contributed by atoms with Crippen LogP contribution in [0.4, 0.5) is 4.39 Å². The Labute approximate surface area is 118 Å². The predicted octanol–water partition coefficient (Wildman–Crippen LogP) is 4.19. The lowest BCUT2D eigenvalue weighted by molar-refractivity contribution is 0.601. The van der Waals surface area contributed by atoms with Crippen molar-refractivity contribution >= 4 is 11.8 Å². The minimum absolute atomic E-state index is 0.147. The van der Waals surface area contributed by atoms with Crippen molar-refractivity contribution in [3.05, 3.63) is 65.5 Å².